The van der Waals surface area contributed by atoms with Crippen LogP contribution in [0.15, 0.2) is 56.7 Å². The highest BCUT2D eigenvalue weighted by Gasteiger charge is 2.10. The van der Waals surface area contributed by atoms with E-state index in [1.54, 1.807) is 19.2 Å². The summed E-state index contributed by atoms with van der Waals surface area (Å²) in [5.74, 6) is 1.66. The Bertz CT molecular complexity index is 1020. The van der Waals surface area contributed by atoms with Crippen LogP contribution in [0.4, 0.5) is 0 Å². The summed E-state index contributed by atoms with van der Waals surface area (Å²) in [5, 5.41) is 7.77. The highest BCUT2D eigenvalue weighted by molar-refractivity contribution is 14.0. The summed E-state index contributed by atoms with van der Waals surface area (Å²) in [7, 11) is 1.76. The quantitative estimate of drug-likeness (QED) is 0.219. The molecule has 3 aromatic rings. The van der Waals surface area contributed by atoms with E-state index in [0.717, 1.165) is 59.9 Å². The molecule has 0 fully saturated rings. The van der Waals surface area contributed by atoms with Gasteiger partial charge < -0.3 is 19.6 Å². The van der Waals surface area contributed by atoms with Gasteiger partial charge in [-0.1, -0.05) is 24.3 Å². The highest BCUT2D eigenvalue weighted by Crippen LogP contribution is 2.24. The van der Waals surface area contributed by atoms with Gasteiger partial charge in [0.15, 0.2) is 5.96 Å². The molecule has 7 heteroatoms. The molecule has 0 saturated heterocycles. The molecule has 0 saturated carbocycles. The third kappa shape index (κ3) is 5.85. The maximum absolute atomic E-state index is 11.9. The monoisotopic (exact) mass is 508 g/mol. The van der Waals surface area contributed by atoms with Crippen LogP contribution in [-0.2, 0) is 13.1 Å². The number of para-hydroxylation sites is 1. The van der Waals surface area contributed by atoms with Gasteiger partial charge in [-0.05, 0) is 38.8 Å². The van der Waals surface area contributed by atoms with E-state index >= 15 is 0 Å². The van der Waals surface area contributed by atoms with Gasteiger partial charge in [-0.2, -0.15) is 0 Å². The van der Waals surface area contributed by atoms with Crippen LogP contribution in [0.3, 0.4) is 0 Å². The van der Waals surface area contributed by atoms with Gasteiger partial charge in [0.2, 0.25) is 0 Å². The topological polar surface area (TPSA) is 71.6 Å². The molecule has 0 aliphatic rings. The van der Waals surface area contributed by atoms with Crippen LogP contribution in [0.1, 0.15) is 29.9 Å². The lowest BCUT2D eigenvalue weighted by atomic mass is 10.1. The molecule has 0 unspecified atom stereocenters. The summed E-state index contributed by atoms with van der Waals surface area (Å²) >= 11 is 0. The number of fused-ring (bicyclic) bond motifs is 1. The van der Waals surface area contributed by atoms with Crippen LogP contribution >= 0.6 is 24.0 Å². The van der Waals surface area contributed by atoms with Crippen LogP contribution < -0.4 is 16.2 Å². The number of aromatic nitrogens is 1. The Balaban J connectivity index is 0.00000300. The Morgan fingerprint density at radius 3 is 2.59 bits per heavy atom. The molecule has 0 bridgehead atoms. The number of hydrogen-bond acceptors (Lipinski definition) is 3. The first-order valence-electron chi connectivity index (χ1n) is 9.68. The van der Waals surface area contributed by atoms with Gasteiger partial charge in [0.25, 0.3) is 5.56 Å². The molecule has 2 N–H and O–H groups in total. The number of hydrogen-bond donors (Lipinski definition) is 2. The number of pyridine rings is 1. The van der Waals surface area contributed by atoms with Crippen molar-refractivity contribution in [2.75, 3.05) is 13.6 Å². The molecule has 0 radical (unpaired) electrons. The number of rotatable bonds is 7. The molecule has 6 nitrogen and oxygen atoms in total. The number of aliphatic imine (C=N–C) groups is 1. The Morgan fingerprint density at radius 1 is 1.07 bits per heavy atom. The number of nitrogens with one attached hydrogen (secondary N) is 2. The van der Waals surface area contributed by atoms with E-state index in [2.05, 4.69) is 28.6 Å². The van der Waals surface area contributed by atoms with Gasteiger partial charge in [-0.3, -0.25) is 9.79 Å². The second kappa shape index (κ2) is 11.0. The molecule has 0 aliphatic heterocycles. The van der Waals surface area contributed by atoms with Crippen LogP contribution in [0.25, 0.3) is 11.0 Å². The molecule has 0 aliphatic carbocycles. The zero-order valence-corrected chi connectivity index (χ0v) is 19.5. The third-order valence-corrected chi connectivity index (χ3v) is 4.95. The minimum atomic E-state index is 0. The van der Waals surface area contributed by atoms with Gasteiger partial charge in [0, 0.05) is 42.8 Å². The lowest BCUT2D eigenvalue weighted by Crippen LogP contribution is -2.37. The lowest BCUT2D eigenvalue weighted by Gasteiger charge is -2.12. The molecular weight excluding hydrogens is 479 g/mol. The highest BCUT2D eigenvalue weighted by atomic mass is 127. The predicted octanol–water partition coefficient (Wildman–Crippen LogP) is 3.97. The van der Waals surface area contributed by atoms with Crippen LogP contribution in [0.2, 0.25) is 0 Å². The third-order valence-electron chi connectivity index (χ3n) is 4.95. The predicted molar refractivity (Wildman–Crippen MR) is 129 cm³/mol. The van der Waals surface area contributed by atoms with E-state index < -0.39 is 0 Å². The van der Waals surface area contributed by atoms with Crippen molar-refractivity contribution in [2.45, 2.75) is 39.8 Å². The van der Waals surface area contributed by atoms with E-state index in [4.69, 9.17) is 4.42 Å². The summed E-state index contributed by atoms with van der Waals surface area (Å²) in [4.78, 5) is 16.1. The van der Waals surface area contributed by atoms with Crippen LogP contribution in [0, 0.1) is 13.8 Å². The second-order valence-corrected chi connectivity index (χ2v) is 6.86. The van der Waals surface area contributed by atoms with Crippen molar-refractivity contribution in [1.82, 2.24) is 15.2 Å². The molecule has 156 valence electrons. The Kier molecular flexibility index (Phi) is 8.75. The number of aryl methyl sites for hydroxylation is 2. The first kappa shape index (κ1) is 23.0. The van der Waals surface area contributed by atoms with Gasteiger partial charge in [-0.25, -0.2) is 0 Å². The number of nitrogens with zero attached hydrogens (tertiary/aromatic N) is 2. The SMILES string of the molecule is CN=C(NCCCCn1c(C)cccc1=O)NCc1oc2ccccc2c1C.I. The van der Waals surface area contributed by atoms with Crippen molar-refractivity contribution in [3.8, 4) is 0 Å². The number of furan rings is 1. The van der Waals surface area contributed by atoms with E-state index in [1.165, 1.54) is 0 Å². The van der Waals surface area contributed by atoms with Crippen LogP contribution in [-0.4, -0.2) is 24.1 Å². The average Bonchev–Trinajstić information content (AvgIpc) is 3.02. The minimum absolute atomic E-state index is 0. The molecule has 0 amide bonds. The van der Waals surface area contributed by atoms with Crippen molar-refractivity contribution in [3.05, 3.63) is 69.8 Å². The summed E-state index contributed by atoms with van der Waals surface area (Å²) in [6.45, 7) is 6.15. The molecule has 0 spiro atoms. The molecule has 3 rings (SSSR count). The molecule has 29 heavy (non-hydrogen) atoms. The van der Waals surface area contributed by atoms with Gasteiger partial charge >= 0.3 is 0 Å². The minimum Gasteiger partial charge on any atom is -0.459 e. The zero-order chi connectivity index (χ0) is 19.9. The van der Waals surface area contributed by atoms with E-state index in [-0.39, 0.29) is 29.5 Å². The van der Waals surface area contributed by atoms with Gasteiger partial charge in [0.05, 0.1) is 6.54 Å². The Hall–Kier alpha value is -2.29. The maximum Gasteiger partial charge on any atom is 0.250 e. The summed E-state index contributed by atoms with van der Waals surface area (Å²) in [6.07, 6.45) is 1.88. The fraction of sp³-hybridized carbons (Fsp3) is 0.364. The fourth-order valence-electron chi connectivity index (χ4n) is 3.29. The zero-order valence-electron chi connectivity index (χ0n) is 17.2. The number of unbranched alkanes of at least 4 members (excludes halogenated alkanes) is 1. The molecule has 2 aromatic heterocycles. The van der Waals surface area contributed by atoms with Crippen molar-refractivity contribution in [2.24, 2.45) is 4.99 Å². The molecule has 1 aromatic carbocycles. The normalized spacial score (nSPS) is 11.3. The fourth-order valence-corrected chi connectivity index (χ4v) is 3.29. The standard InChI is InChI=1S/C22H28N4O2.HI/c1-16-9-8-12-21(27)26(16)14-7-6-13-24-22(23-3)25-15-20-17(2)18-10-4-5-11-19(18)28-20;/h4-5,8-12H,6-7,13-15H2,1-3H3,(H2,23,24,25);1H. The second-order valence-electron chi connectivity index (χ2n) is 6.86. The molecule has 0 atom stereocenters. The van der Waals surface area contributed by atoms with Gasteiger partial charge in [0.1, 0.15) is 11.3 Å². The van der Waals surface area contributed by atoms with E-state index in [1.807, 2.05) is 35.8 Å². The first-order valence-corrected chi connectivity index (χ1v) is 9.68. The number of guanidine groups is 1. The largest absolute Gasteiger partial charge is 0.459 e. The smallest absolute Gasteiger partial charge is 0.250 e. The van der Waals surface area contributed by atoms with Crippen molar-refractivity contribution >= 4 is 40.9 Å². The Labute approximate surface area is 188 Å². The van der Waals surface area contributed by atoms with E-state index in [9.17, 15) is 4.79 Å². The molecule has 2 heterocycles. The number of halogens is 1. The summed E-state index contributed by atoms with van der Waals surface area (Å²) < 4.78 is 7.75. The summed E-state index contributed by atoms with van der Waals surface area (Å²) in [6, 6.07) is 13.4. The average molecular weight is 508 g/mol. The number of benzene rings is 1. The van der Waals surface area contributed by atoms with Crippen LogP contribution in [0.5, 0.6) is 0 Å². The maximum atomic E-state index is 11.9. The summed E-state index contributed by atoms with van der Waals surface area (Å²) in [5.41, 5.74) is 3.12. The van der Waals surface area contributed by atoms with Crippen molar-refractivity contribution in [1.29, 1.82) is 0 Å². The Morgan fingerprint density at radius 2 is 1.86 bits per heavy atom. The van der Waals surface area contributed by atoms with Crippen molar-refractivity contribution < 1.29 is 4.42 Å². The lowest BCUT2D eigenvalue weighted by molar-refractivity contribution is 0.533. The first-order chi connectivity index (χ1) is 13.6. The van der Waals surface area contributed by atoms with E-state index in [0.29, 0.717) is 6.54 Å². The van der Waals surface area contributed by atoms with Gasteiger partial charge in [-0.15, -0.1) is 24.0 Å². The molecular formula is C22H29IN4O2. The van der Waals surface area contributed by atoms with Crippen molar-refractivity contribution in [3.63, 3.8) is 0 Å².